The summed E-state index contributed by atoms with van der Waals surface area (Å²) in [6, 6.07) is 7.05. The molecule has 6 heteroatoms. The number of anilines is 1. The van der Waals surface area contributed by atoms with Crippen molar-refractivity contribution in [1.29, 1.82) is 5.26 Å². The summed E-state index contributed by atoms with van der Waals surface area (Å²) in [5.41, 5.74) is 2.87. The van der Waals surface area contributed by atoms with E-state index < -0.39 is 5.82 Å². The predicted octanol–water partition coefficient (Wildman–Crippen LogP) is 5.42. The highest BCUT2D eigenvalue weighted by Crippen LogP contribution is 2.46. The van der Waals surface area contributed by atoms with E-state index in [0.717, 1.165) is 61.3 Å². The Hall–Kier alpha value is -2.78. The quantitative estimate of drug-likeness (QED) is 0.627. The van der Waals surface area contributed by atoms with Crippen molar-refractivity contribution in [2.24, 2.45) is 11.8 Å². The van der Waals surface area contributed by atoms with E-state index in [-0.39, 0.29) is 5.69 Å². The van der Waals surface area contributed by atoms with Gasteiger partial charge in [0.1, 0.15) is 11.9 Å². The summed E-state index contributed by atoms with van der Waals surface area (Å²) in [5, 5.41) is 14.1. The molecule has 0 bridgehead atoms. The number of rotatable bonds is 6. The lowest BCUT2D eigenvalue weighted by Crippen LogP contribution is -2.50. The maximum Gasteiger partial charge on any atom is 0.156 e. The molecule has 3 aliphatic carbocycles. The highest BCUT2D eigenvalue weighted by atomic mass is 19.1. The molecule has 4 fully saturated rings. The monoisotopic (exact) mass is 457 g/mol. The normalized spacial score (nSPS) is 25.4. The van der Waals surface area contributed by atoms with Gasteiger partial charge in [0.15, 0.2) is 5.82 Å². The minimum absolute atomic E-state index is 0.231. The van der Waals surface area contributed by atoms with Gasteiger partial charge in [-0.2, -0.15) is 5.26 Å². The zero-order valence-electron chi connectivity index (χ0n) is 19.6. The molecule has 0 aromatic carbocycles. The number of nitrogens with zero attached hydrogens (tertiary/aromatic N) is 4. The van der Waals surface area contributed by atoms with Crippen molar-refractivity contribution >= 4 is 11.9 Å². The van der Waals surface area contributed by atoms with Gasteiger partial charge in [-0.3, -0.25) is 4.98 Å². The number of pyridine rings is 2. The first-order valence-corrected chi connectivity index (χ1v) is 12.9. The fraction of sp³-hybridized carbons (Fsp3) is 0.536. The first-order chi connectivity index (χ1) is 16.7. The van der Waals surface area contributed by atoms with E-state index in [0.29, 0.717) is 29.1 Å². The van der Waals surface area contributed by atoms with E-state index in [1.54, 1.807) is 12.3 Å². The van der Waals surface area contributed by atoms with Gasteiger partial charge >= 0.3 is 0 Å². The zero-order chi connectivity index (χ0) is 23.2. The van der Waals surface area contributed by atoms with Crippen LogP contribution in [0.5, 0.6) is 0 Å². The largest absolute Gasteiger partial charge is 0.354 e. The molecule has 0 spiro atoms. The average molecular weight is 458 g/mol. The molecule has 2 aromatic rings. The van der Waals surface area contributed by atoms with Crippen molar-refractivity contribution in [2.75, 3.05) is 18.0 Å². The van der Waals surface area contributed by atoms with Crippen molar-refractivity contribution in [3.63, 3.8) is 0 Å². The lowest BCUT2D eigenvalue weighted by molar-refractivity contribution is 0.327. The third kappa shape index (κ3) is 4.22. The van der Waals surface area contributed by atoms with Gasteiger partial charge in [0.05, 0.1) is 17.0 Å². The van der Waals surface area contributed by atoms with Crippen LogP contribution in [0.1, 0.15) is 74.2 Å². The highest BCUT2D eigenvalue weighted by Gasteiger charge is 2.40. The Bertz CT molecular complexity index is 1140. The van der Waals surface area contributed by atoms with Crippen LogP contribution in [-0.4, -0.2) is 35.1 Å². The molecule has 6 rings (SSSR count). The molecule has 3 heterocycles. The molecule has 2 unspecified atom stereocenters. The maximum atomic E-state index is 15.2. The number of halogens is 1. The molecular formula is C28H32FN5. The summed E-state index contributed by atoms with van der Waals surface area (Å²) >= 11 is 0. The van der Waals surface area contributed by atoms with Crippen LogP contribution in [0, 0.1) is 29.0 Å². The van der Waals surface area contributed by atoms with E-state index in [9.17, 15) is 5.26 Å². The molecule has 0 amide bonds. The number of nitriles is 1. The minimum atomic E-state index is -0.395. The first-order valence-electron chi connectivity index (χ1n) is 12.9. The maximum absolute atomic E-state index is 15.2. The van der Waals surface area contributed by atoms with Gasteiger partial charge in [-0.15, -0.1) is 0 Å². The third-order valence-electron chi connectivity index (χ3n) is 7.99. The molecule has 1 N–H and O–H groups in total. The number of hydrogen-bond donors (Lipinski definition) is 1. The van der Waals surface area contributed by atoms with Crippen LogP contribution in [0.3, 0.4) is 0 Å². The van der Waals surface area contributed by atoms with Crippen LogP contribution in [0.25, 0.3) is 17.2 Å². The molecule has 3 saturated carbocycles. The molecule has 5 nitrogen and oxygen atoms in total. The van der Waals surface area contributed by atoms with Gasteiger partial charge in [-0.05, 0) is 81.4 Å². The molecule has 0 radical (unpaired) electrons. The SMILES string of the molecule is C=Cc1nccc(-c2cc(C#N)c(N3CCCC(C4CC4)NC(C4CC4)C3)nc2C2CC2)c1F. The predicted molar refractivity (Wildman–Crippen MR) is 132 cm³/mol. The molecule has 2 atom stereocenters. The van der Waals surface area contributed by atoms with E-state index in [2.05, 4.69) is 27.8 Å². The minimum Gasteiger partial charge on any atom is -0.354 e. The van der Waals surface area contributed by atoms with E-state index in [1.807, 2.05) is 6.07 Å². The summed E-state index contributed by atoms with van der Waals surface area (Å²) in [6.45, 7) is 5.50. The Kier molecular flexibility index (Phi) is 5.61. The van der Waals surface area contributed by atoms with Crippen molar-refractivity contribution < 1.29 is 4.39 Å². The molecule has 2 aromatic heterocycles. The molecule has 34 heavy (non-hydrogen) atoms. The van der Waals surface area contributed by atoms with Gasteiger partial charge in [0, 0.05) is 48.4 Å². The van der Waals surface area contributed by atoms with Gasteiger partial charge in [0.2, 0.25) is 0 Å². The van der Waals surface area contributed by atoms with E-state index >= 15 is 4.39 Å². The Morgan fingerprint density at radius 2 is 1.85 bits per heavy atom. The number of hydrogen-bond acceptors (Lipinski definition) is 5. The summed E-state index contributed by atoms with van der Waals surface area (Å²) in [4.78, 5) is 11.5. The lowest BCUT2D eigenvalue weighted by atomic mass is 9.97. The van der Waals surface area contributed by atoms with E-state index in [4.69, 9.17) is 4.98 Å². The fourth-order valence-electron chi connectivity index (χ4n) is 5.62. The lowest BCUT2D eigenvalue weighted by Gasteiger charge is -2.36. The van der Waals surface area contributed by atoms with Crippen LogP contribution in [0.4, 0.5) is 10.2 Å². The van der Waals surface area contributed by atoms with Crippen molar-refractivity contribution in [3.8, 4) is 17.2 Å². The smallest absolute Gasteiger partial charge is 0.156 e. The average Bonchev–Trinajstić information content (AvgIpc) is 3.70. The van der Waals surface area contributed by atoms with E-state index in [1.165, 1.54) is 38.2 Å². The fourth-order valence-corrected chi connectivity index (χ4v) is 5.62. The highest BCUT2D eigenvalue weighted by molar-refractivity contribution is 5.74. The second-order valence-corrected chi connectivity index (χ2v) is 10.6. The number of aromatic nitrogens is 2. The first kappa shape index (κ1) is 21.7. The van der Waals surface area contributed by atoms with Gasteiger partial charge in [-0.25, -0.2) is 9.37 Å². The Balaban J connectivity index is 1.38. The zero-order valence-corrected chi connectivity index (χ0v) is 19.6. The Labute approximate surface area is 201 Å². The standard InChI is InChI=1S/C28H32FN5/c1-2-23-26(29)21(11-12-31-23)22-14-20(15-30)28(33-27(22)19-9-10-19)34-13-3-4-24(17-5-6-17)32-25(16-34)18-7-8-18/h2,11-12,14,17-19,24-25,32H,1,3-10,13,16H2. The summed E-state index contributed by atoms with van der Waals surface area (Å²) < 4.78 is 15.2. The topological polar surface area (TPSA) is 64.8 Å². The number of nitrogens with one attached hydrogen (secondary N) is 1. The molecule has 1 saturated heterocycles. The summed E-state index contributed by atoms with van der Waals surface area (Å²) in [5.74, 6) is 2.31. The molecule has 1 aliphatic heterocycles. The van der Waals surface area contributed by atoms with Crippen molar-refractivity contribution in [2.45, 2.75) is 69.4 Å². The van der Waals surface area contributed by atoms with Crippen LogP contribution in [0.2, 0.25) is 0 Å². The second kappa shape index (κ2) is 8.78. The van der Waals surface area contributed by atoms with Crippen LogP contribution in [0.15, 0.2) is 24.9 Å². The van der Waals surface area contributed by atoms with Crippen molar-refractivity contribution in [1.82, 2.24) is 15.3 Å². The van der Waals surface area contributed by atoms with Gasteiger partial charge in [0.25, 0.3) is 0 Å². The molecule has 4 aliphatic rings. The van der Waals surface area contributed by atoms with Gasteiger partial charge in [-0.1, -0.05) is 6.58 Å². The summed E-state index contributed by atoms with van der Waals surface area (Å²) in [7, 11) is 0. The Morgan fingerprint density at radius 3 is 2.53 bits per heavy atom. The van der Waals surface area contributed by atoms with Crippen molar-refractivity contribution in [3.05, 3.63) is 47.7 Å². The third-order valence-corrected chi connectivity index (χ3v) is 7.99. The van der Waals surface area contributed by atoms with Crippen LogP contribution in [-0.2, 0) is 0 Å². The summed E-state index contributed by atoms with van der Waals surface area (Å²) in [6.07, 6.45) is 12.8. The van der Waals surface area contributed by atoms with Crippen LogP contribution >= 0.6 is 0 Å². The second-order valence-electron chi connectivity index (χ2n) is 10.6. The van der Waals surface area contributed by atoms with Gasteiger partial charge < -0.3 is 10.2 Å². The Morgan fingerprint density at radius 1 is 1.09 bits per heavy atom. The van der Waals surface area contributed by atoms with Crippen LogP contribution < -0.4 is 10.2 Å². The molecule has 176 valence electrons. The molecular weight excluding hydrogens is 425 g/mol.